The van der Waals surface area contributed by atoms with Crippen LogP contribution >= 0.6 is 15.9 Å². The van der Waals surface area contributed by atoms with Gasteiger partial charge in [0.05, 0.1) is 5.52 Å². The van der Waals surface area contributed by atoms with Crippen molar-refractivity contribution in [3.8, 4) is 0 Å². The van der Waals surface area contributed by atoms with E-state index in [0.717, 1.165) is 21.8 Å². The molecule has 0 amide bonds. The van der Waals surface area contributed by atoms with Crippen molar-refractivity contribution < 1.29 is 9.90 Å². The maximum absolute atomic E-state index is 11.2. The van der Waals surface area contributed by atoms with Crippen molar-refractivity contribution in [2.24, 2.45) is 0 Å². The molecule has 0 aliphatic carbocycles. The third-order valence-corrected chi connectivity index (χ3v) is 3.28. The number of carboxylic acids is 1. The first-order chi connectivity index (χ1) is 9.11. The first-order valence-corrected chi connectivity index (χ1v) is 6.80. The van der Waals surface area contributed by atoms with E-state index in [-0.39, 0.29) is 0 Å². The van der Waals surface area contributed by atoms with Crippen molar-refractivity contribution in [3.63, 3.8) is 0 Å². The Morgan fingerprint density at radius 3 is 2.95 bits per heavy atom. The number of nitrogens with zero attached hydrogens (tertiary/aromatic N) is 2. The number of anilines is 1. The molecule has 2 N–H and O–H groups in total. The highest BCUT2D eigenvalue weighted by Crippen LogP contribution is 2.24. The van der Waals surface area contributed by atoms with Crippen LogP contribution in [-0.4, -0.2) is 27.1 Å². The van der Waals surface area contributed by atoms with Crippen LogP contribution in [0.25, 0.3) is 10.9 Å². The molecule has 0 aliphatic rings. The van der Waals surface area contributed by atoms with E-state index in [4.69, 9.17) is 0 Å². The molecular formula is C13H14BrN3O2. The van der Waals surface area contributed by atoms with Crippen molar-refractivity contribution in [1.82, 2.24) is 9.97 Å². The van der Waals surface area contributed by atoms with E-state index in [1.165, 1.54) is 6.33 Å². The molecular weight excluding hydrogens is 310 g/mol. The molecule has 0 radical (unpaired) electrons. The van der Waals surface area contributed by atoms with Crippen LogP contribution in [0.2, 0.25) is 0 Å². The van der Waals surface area contributed by atoms with Crippen LogP contribution in [0.3, 0.4) is 0 Å². The van der Waals surface area contributed by atoms with Crippen LogP contribution in [0.15, 0.2) is 29.0 Å². The summed E-state index contributed by atoms with van der Waals surface area (Å²) in [5, 5.41) is 13.0. The molecule has 2 aromatic rings. The van der Waals surface area contributed by atoms with Gasteiger partial charge in [-0.25, -0.2) is 14.8 Å². The Kier molecular flexibility index (Phi) is 4.31. The summed E-state index contributed by atoms with van der Waals surface area (Å²) >= 11 is 3.39. The summed E-state index contributed by atoms with van der Waals surface area (Å²) in [6.07, 6.45) is 2.77. The van der Waals surface area contributed by atoms with Gasteiger partial charge in [0.15, 0.2) is 0 Å². The quantitative estimate of drug-likeness (QED) is 0.884. The number of carboxylic acid groups (broad SMARTS) is 1. The normalized spacial score (nSPS) is 12.3. The Bertz CT molecular complexity index is 603. The first kappa shape index (κ1) is 13.7. The van der Waals surface area contributed by atoms with Crippen LogP contribution in [0.1, 0.15) is 19.8 Å². The van der Waals surface area contributed by atoms with E-state index in [2.05, 4.69) is 31.2 Å². The largest absolute Gasteiger partial charge is 0.480 e. The fourth-order valence-corrected chi connectivity index (χ4v) is 2.22. The predicted molar refractivity (Wildman–Crippen MR) is 77.2 cm³/mol. The minimum absolute atomic E-state index is 0.548. The molecule has 1 aromatic heterocycles. The van der Waals surface area contributed by atoms with E-state index < -0.39 is 12.0 Å². The standard InChI is InChI=1S/C13H14BrN3O2/c1-2-3-11(13(18)19)17-12-9-6-8(14)4-5-10(9)15-7-16-12/h4-7,11H,2-3H2,1H3,(H,18,19)(H,15,16,17)/t11-/m1/s1. The summed E-state index contributed by atoms with van der Waals surface area (Å²) in [6.45, 7) is 1.95. The van der Waals surface area contributed by atoms with E-state index >= 15 is 0 Å². The molecule has 19 heavy (non-hydrogen) atoms. The molecule has 1 atom stereocenters. The lowest BCUT2D eigenvalue weighted by Crippen LogP contribution is -2.29. The molecule has 0 fully saturated rings. The van der Waals surface area contributed by atoms with Crippen molar-refractivity contribution >= 4 is 38.6 Å². The Morgan fingerprint density at radius 2 is 2.26 bits per heavy atom. The third-order valence-electron chi connectivity index (χ3n) is 2.78. The molecule has 0 bridgehead atoms. The summed E-state index contributed by atoms with van der Waals surface area (Å²) in [5.41, 5.74) is 0.779. The Hall–Kier alpha value is -1.69. The van der Waals surface area contributed by atoms with Crippen molar-refractivity contribution in [3.05, 3.63) is 29.0 Å². The van der Waals surface area contributed by atoms with Gasteiger partial charge in [-0.1, -0.05) is 29.3 Å². The molecule has 2 rings (SSSR count). The van der Waals surface area contributed by atoms with E-state index in [9.17, 15) is 9.90 Å². The second kappa shape index (κ2) is 5.97. The minimum Gasteiger partial charge on any atom is -0.480 e. The molecule has 0 spiro atoms. The Balaban J connectivity index is 2.38. The lowest BCUT2D eigenvalue weighted by Gasteiger charge is -2.15. The maximum Gasteiger partial charge on any atom is 0.326 e. The van der Waals surface area contributed by atoms with Crippen LogP contribution in [0.5, 0.6) is 0 Å². The number of fused-ring (bicyclic) bond motifs is 1. The van der Waals surface area contributed by atoms with Gasteiger partial charge in [-0.3, -0.25) is 0 Å². The highest BCUT2D eigenvalue weighted by atomic mass is 79.9. The summed E-state index contributed by atoms with van der Waals surface area (Å²) in [4.78, 5) is 19.5. The lowest BCUT2D eigenvalue weighted by atomic mass is 10.1. The van der Waals surface area contributed by atoms with Crippen molar-refractivity contribution in [1.29, 1.82) is 0 Å². The number of halogens is 1. The topological polar surface area (TPSA) is 75.1 Å². The lowest BCUT2D eigenvalue weighted by molar-refractivity contribution is -0.138. The average Bonchev–Trinajstić information content (AvgIpc) is 2.38. The highest BCUT2D eigenvalue weighted by molar-refractivity contribution is 9.10. The summed E-state index contributed by atoms with van der Waals surface area (Å²) < 4.78 is 0.903. The van der Waals surface area contributed by atoms with Gasteiger partial charge in [0.25, 0.3) is 0 Å². The molecule has 0 saturated carbocycles. The van der Waals surface area contributed by atoms with Crippen LogP contribution in [-0.2, 0) is 4.79 Å². The molecule has 0 unspecified atom stereocenters. The summed E-state index contributed by atoms with van der Waals surface area (Å²) in [5.74, 6) is -0.323. The van der Waals surface area contributed by atoms with E-state index in [1.54, 1.807) is 0 Å². The number of aliphatic carboxylic acids is 1. The fourth-order valence-electron chi connectivity index (χ4n) is 1.85. The molecule has 1 aromatic carbocycles. The van der Waals surface area contributed by atoms with Gasteiger partial charge in [0, 0.05) is 9.86 Å². The fraction of sp³-hybridized carbons (Fsp3) is 0.308. The zero-order chi connectivity index (χ0) is 13.8. The second-order valence-electron chi connectivity index (χ2n) is 4.21. The van der Waals surface area contributed by atoms with Crippen LogP contribution in [0, 0.1) is 0 Å². The predicted octanol–water partition coefficient (Wildman–Crippen LogP) is 3.06. The van der Waals surface area contributed by atoms with E-state index in [1.807, 2.05) is 25.1 Å². The molecule has 1 heterocycles. The van der Waals surface area contributed by atoms with Crippen molar-refractivity contribution in [2.45, 2.75) is 25.8 Å². The molecule has 5 nitrogen and oxygen atoms in total. The zero-order valence-corrected chi connectivity index (χ0v) is 12.0. The van der Waals surface area contributed by atoms with Crippen LogP contribution in [0.4, 0.5) is 5.82 Å². The summed E-state index contributed by atoms with van der Waals surface area (Å²) in [7, 11) is 0. The van der Waals surface area contributed by atoms with Gasteiger partial charge >= 0.3 is 5.97 Å². The summed E-state index contributed by atoms with van der Waals surface area (Å²) in [6, 6.07) is 4.99. The maximum atomic E-state index is 11.2. The minimum atomic E-state index is -0.872. The highest BCUT2D eigenvalue weighted by Gasteiger charge is 2.17. The second-order valence-corrected chi connectivity index (χ2v) is 5.12. The van der Waals surface area contributed by atoms with E-state index in [0.29, 0.717) is 12.2 Å². The monoisotopic (exact) mass is 323 g/mol. The SMILES string of the molecule is CCC[C@@H](Nc1ncnc2ccc(Br)cc12)C(=O)O. The first-order valence-electron chi connectivity index (χ1n) is 6.01. The number of rotatable bonds is 5. The number of hydrogen-bond acceptors (Lipinski definition) is 4. The Labute approximate surface area is 119 Å². The van der Waals surface area contributed by atoms with Gasteiger partial charge in [-0.15, -0.1) is 0 Å². The molecule has 0 saturated heterocycles. The van der Waals surface area contributed by atoms with Gasteiger partial charge in [-0.05, 0) is 24.6 Å². The molecule has 0 aliphatic heterocycles. The zero-order valence-electron chi connectivity index (χ0n) is 10.4. The molecule has 100 valence electrons. The number of nitrogens with one attached hydrogen (secondary N) is 1. The number of hydrogen-bond donors (Lipinski definition) is 2. The number of aromatic nitrogens is 2. The van der Waals surface area contributed by atoms with Gasteiger partial charge in [0.2, 0.25) is 0 Å². The molecule has 6 heteroatoms. The average molecular weight is 324 g/mol. The van der Waals surface area contributed by atoms with Crippen LogP contribution < -0.4 is 5.32 Å². The Morgan fingerprint density at radius 1 is 1.47 bits per heavy atom. The number of benzene rings is 1. The van der Waals surface area contributed by atoms with Gasteiger partial charge in [0.1, 0.15) is 18.2 Å². The number of carbonyl (C=O) groups is 1. The van der Waals surface area contributed by atoms with Crippen molar-refractivity contribution in [2.75, 3.05) is 5.32 Å². The third kappa shape index (κ3) is 3.20. The van der Waals surface area contributed by atoms with Gasteiger partial charge in [-0.2, -0.15) is 0 Å². The smallest absolute Gasteiger partial charge is 0.326 e. The van der Waals surface area contributed by atoms with Gasteiger partial charge < -0.3 is 10.4 Å².